The fourth-order valence-electron chi connectivity index (χ4n) is 3.54. The van der Waals surface area contributed by atoms with Crippen LogP contribution < -0.4 is 9.80 Å². The molecule has 29 heavy (non-hydrogen) atoms. The maximum Gasteiger partial charge on any atom is 0.282 e. The maximum atomic E-state index is 13.6. The van der Waals surface area contributed by atoms with E-state index in [2.05, 4.69) is 15.9 Å². The van der Waals surface area contributed by atoms with E-state index in [-0.39, 0.29) is 11.8 Å². The minimum absolute atomic E-state index is 0.312. The number of imide groups is 1. The molecule has 0 bridgehead atoms. The van der Waals surface area contributed by atoms with Gasteiger partial charge in [-0.25, -0.2) is 4.90 Å². The standard InChI is InChI=1S/C24H19BrN2O2/c1-2-26(19-11-7-4-8-12-19)22-21(17-9-5-3-6-10-17)23(28)27(24(22)29)20-15-13-18(25)14-16-20/h3-16H,2H2,1H3. The molecule has 144 valence electrons. The predicted molar refractivity (Wildman–Crippen MR) is 119 cm³/mol. The molecule has 4 nitrogen and oxygen atoms in total. The summed E-state index contributed by atoms with van der Waals surface area (Å²) in [5, 5.41) is 0. The van der Waals surface area contributed by atoms with Gasteiger partial charge in [0, 0.05) is 16.7 Å². The van der Waals surface area contributed by atoms with Crippen molar-refractivity contribution < 1.29 is 9.59 Å². The van der Waals surface area contributed by atoms with E-state index in [1.165, 1.54) is 4.90 Å². The first kappa shape index (κ1) is 19.2. The number of halogens is 1. The minimum Gasteiger partial charge on any atom is -0.337 e. The van der Waals surface area contributed by atoms with Gasteiger partial charge in [-0.15, -0.1) is 0 Å². The van der Waals surface area contributed by atoms with Crippen molar-refractivity contribution in [2.75, 3.05) is 16.3 Å². The number of rotatable bonds is 5. The Hall–Kier alpha value is -3.18. The molecule has 0 saturated carbocycles. The van der Waals surface area contributed by atoms with Gasteiger partial charge in [0.2, 0.25) is 0 Å². The van der Waals surface area contributed by atoms with Gasteiger partial charge in [0.15, 0.2) is 0 Å². The molecule has 0 atom stereocenters. The summed E-state index contributed by atoms with van der Waals surface area (Å²) in [6, 6.07) is 26.2. The van der Waals surface area contributed by atoms with Crippen molar-refractivity contribution in [2.24, 2.45) is 0 Å². The Bertz CT molecular complexity index is 1080. The first-order valence-corrected chi connectivity index (χ1v) is 10.2. The van der Waals surface area contributed by atoms with Gasteiger partial charge in [0.1, 0.15) is 5.70 Å². The van der Waals surface area contributed by atoms with Crippen molar-refractivity contribution in [2.45, 2.75) is 6.92 Å². The highest BCUT2D eigenvalue weighted by atomic mass is 79.9. The van der Waals surface area contributed by atoms with E-state index in [1.54, 1.807) is 12.1 Å². The second-order valence-electron chi connectivity index (χ2n) is 6.59. The zero-order valence-corrected chi connectivity index (χ0v) is 17.5. The number of hydrogen-bond acceptors (Lipinski definition) is 3. The molecule has 5 heteroatoms. The van der Waals surface area contributed by atoms with Crippen LogP contribution in [0.4, 0.5) is 11.4 Å². The average molecular weight is 447 g/mol. The normalized spacial score (nSPS) is 13.9. The molecule has 1 aliphatic heterocycles. The molecule has 3 aromatic rings. The van der Waals surface area contributed by atoms with E-state index in [1.807, 2.05) is 84.6 Å². The Morgan fingerprint density at radius 3 is 1.97 bits per heavy atom. The van der Waals surface area contributed by atoms with Crippen molar-refractivity contribution in [1.29, 1.82) is 0 Å². The fraction of sp³-hybridized carbons (Fsp3) is 0.0833. The van der Waals surface area contributed by atoms with Gasteiger partial charge in [-0.2, -0.15) is 0 Å². The summed E-state index contributed by atoms with van der Waals surface area (Å²) >= 11 is 3.40. The lowest BCUT2D eigenvalue weighted by Crippen LogP contribution is -2.35. The van der Waals surface area contributed by atoms with Gasteiger partial charge in [-0.1, -0.05) is 64.5 Å². The molecule has 2 amide bonds. The number of nitrogens with zero attached hydrogens (tertiary/aromatic N) is 2. The number of benzene rings is 3. The number of anilines is 2. The Labute approximate surface area is 178 Å². The number of carbonyl (C=O) groups excluding carboxylic acids is 2. The fourth-order valence-corrected chi connectivity index (χ4v) is 3.80. The van der Waals surface area contributed by atoms with Crippen LogP contribution in [0.25, 0.3) is 5.57 Å². The molecule has 3 aromatic carbocycles. The second-order valence-corrected chi connectivity index (χ2v) is 7.51. The molecule has 0 aliphatic carbocycles. The van der Waals surface area contributed by atoms with E-state index in [9.17, 15) is 9.59 Å². The third kappa shape index (κ3) is 3.49. The first-order valence-electron chi connectivity index (χ1n) is 9.38. The predicted octanol–water partition coefficient (Wildman–Crippen LogP) is 5.26. The van der Waals surface area contributed by atoms with Crippen LogP contribution in [-0.4, -0.2) is 18.4 Å². The second kappa shape index (κ2) is 8.05. The lowest BCUT2D eigenvalue weighted by molar-refractivity contribution is -0.120. The quantitative estimate of drug-likeness (QED) is 0.501. The van der Waals surface area contributed by atoms with Crippen molar-refractivity contribution in [3.63, 3.8) is 0 Å². The Balaban J connectivity index is 1.89. The summed E-state index contributed by atoms with van der Waals surface area (Å²) in [4.78, 5) is 30.2. The third-order valence-corrected chi connectivity index (χ3v) is 5.39. The van der Waals surface area contributed by atoms with Gasteiger partial charge in [0.05, 0.1) is 11.3 Å². The molecule has 4 rings (SSSR count). The Morgan fingerprint density at radius 2 is 1.38 bits per heavy atom. The van der Waals surface area contributed by atoms with Crippen LogP contribution in [0.5, 0.6) is 0 Å². The van der Waals surface area contributed by atoms with Crippen molar-refractivity contribution in [3.05, 3.63) is 101 Å². The van der Waals surface area contributed by atoms with Crippen molar-refractivity contribution >= 4 is 44.7 Å². The largest absolute Gasteiger partial charge is 0.337 e. The highest BCUT2D eigenvalue weighted by Gasteiger charge is 2.42. The molecular formula is C24H19BrN2O2. The smallest absolute Gasteiger partial charge is 0.282 e. The summed E-state index contributed by atoms with van der Waals surface area (Å²) in [7, 11) is 0. The van der Waals surface area contributed by atoms with Crippen molar-refractivity contribution in [1.82, 2.24) is 0 Å². The topological polar surface area (TPSA) is 40.6 Å². The Kier molecular flexibility index (Phi) is 5.32. The lowest BCUT2D eigenvalue weighted by atomic mass is 10.0. The van der Waals surface area contributed by atoms with E-state index in [4.69, 9.17) is 0 Å². The number of carbonyl (C=O) groups is 2. The number of amides is 2. The van der Waals surface area contributed by atoms with Crippen LogP contribution in [0.1, 0.15) is 12.5 Å². The molecule has 0 spiro atoms. The zero-order valence-electron chi connectivity index (χ0n) is 15.9. The first-order chi connectivity index (χ1) is 14.1. The molecule has 0 saturated heterocycles. The van der Waals surface area contributed by atoms with E-state index < -0.39 is 0 Å². The number of para-hydroxylation sites is 1. The highest BCUT2D eigenvalue weighted by Crippen LogP contribution is 2.36. The minimum atomic E-state index is -0.318. The van der Waals surface area contributed by atoms with E-state index >= 15 is 0 Å². The van der Waals surface area contributed by atoms with Crippen molar-refractivity contribution in [3.8, 4) is 0 Å². The average Bonchev–Trinajstić information content (AvgIpc) is 3.01. The van der Waals surface area contributed by atoms with Crippen LogP contribution in [-0.2, 0) is 9.59 Å². The molecule has 0 fully saturated rings. The van der Waals surface area contributed by atoms with Gasteiger partial charge >= 0.3 is 0 Å². The van der Waals surface area contributed by atoms with E-state index in [0.29, 0.717) is 23.5 Å². The summed E-state index contributed by atoms with van der Waals surface area (Å²) in [5.74, 6) is -0.630. The number of likely N-dealkylation sites (N-methyl/N-ethyl adjacent to an activating group) is 1. The molecule has 0 aromatic heterocycles. The van der Waals surface area contributed by atoms with Gasteiger partial charge in [-0.05, 0) is 48.9 Å². The van der Waals surface area contributed by atoms with Gasteiger partial charge < -0.3 is 4.90 Å². The van der Waals surface area contributed by atoms with E-state index in [0.717, 1.165) is 15.7 Å². The molecule has 1 aliphatic rings. The Morgan fingerprint density at radius 1 is 0.793 bits per heavy atom. The zero-order chi connectivity index (χ0) is 20.4. The SMILES string of the molecule is CCN(C1=C(c2ccccc2)C(=O)N(c2ccc(Br)cc2)C1=O)c1ccccc1. The summed E-state index contributed by atoms with van der Waals surface area (Å²) in [6.07, 6.45) is 0. The van der Waals surface area contributed by atoms with Crippen LogP contribution >= 0.6 is 15.9 Å². The van der Waals surface area contributed by atoms with Crippen LogP contribution in [0, 0.1) is 0 Å². The summed E-state index contributed by atoms with van der Waals surface area (Å²) < 4.78 is 0.885. The van der Waals surface area contributed by atoms with Gasteiger partial charge in [-0.3, -0.25) is 9.59 Å². The lowest BCUT2D eigenvalue weighted by Gasteiger charge is -2.25. The summed E-state index contributed by atoms with van der Waals surface area (Å²) in [6.45, 7) is 2.53. The van der Waals surface area contributed by atoms with Crippen LogP contribution in [0.3, 0.4) is 0 Å². The number of hydrogen-bond donors (Lipinski definition) is 0. The third-order valence-electron chi connectivity index (χ3n) is 4.86. The molecule has 0 unspecified atom stereocenters. The molecule has 1 heterocycles. The molecule has 0 radical (unpaired) electrons. The monoisotopic (exact) mass is 446 g/mol. The highest BCUT2D eigenvalue weighted by molar-refractivity contribution is 9.10. The van der Waals surface area contributed by atoms with Gasteiger partial charge in [0.25, 0.3) is 11.8 Å². The molecule has 0 N–H and O–H groups in total. The molecular weight excluding hydrogens is 428 g/mol. The van der Waals surface area contributed by atoms with Crippen LogP contribution in [0.2, 0.25) is 0 Å². The summed E-state index contributed by atoms with van der Waals surface area (Å²) in [5.41, 5.74) is 2.98. The maximum absolute atomic E-state index is 13.6. The van der Waals surface area contributed by atoms with Crippen LogP contribution in [0.15, 0.2) is 95.1 Å².